The minimum atomic E-state index is -0.583. The molecule has 0 N–H and O–H groups in total. The Bertz CT molecular complexity index is 524. The number of methoxy groups -OCH3 is 2. The van der Waals surface area contributed by atoms with E-state index in [2.05, 4.69) is 9.47 Å². The van der Waals surface area contributed by atoms with Crippen LogP contribution in [0, 0.1) is 6.92 Å². The first kappa shape index (κ1) is 15.5. The van der Waals surface area contributed by atoms with Crippen LogP contribution in [-0.2, 0) is 25.5 Å². The van der Waals surface area contributed by atoms with Gasteiger partial charge in [-0.15, -0.1) is 0 Å². The Balaban J connectivity index is 2.01. The van der Waals surface area contributed by atoms with E-state index in [1.54, 1.807) is 13.0 Å². The second-order valence-corrected chi connectivity index (χ2v) is 4.79. The molecule has 1 aliphatic rings. The van der Waals surface area contributed by atoms with Crippen molar-refractivity contribution in [3.05, 3.63) is 23.2 Å². The largest absolute Gasteiger partial charge is 0.467 e. The normalized spacial score (nSPS) is 19.3. The lowest BCUT2D eigenvalue weighted by Crippen LogP contribution is -2.45. The van der Waals surface area contributed by atoms with Crippen LogP contribution in [-0.4, -0.2) is 56.9 Å². The summed E-state index contributed by atoms with van der Waals surface area (Å²) in [6.07, 6.45) is -0.583. The average molecular weight is 297 g/mol. The number of carbonyl (C=O) groups excluding carboxylic acids is 2. The average Bonchev–Trinajstić information content (AvgIpc) is 2.86. The molecule has 1 aliphatic heterocycles. The molecule has 0 aliphatic carbocycles. The number of morpholine rings is 1. The van der Waals surface area contributed by atoms with Crippen LogP contribution in [0.4, 0.5) is 0 Å². The van der Waals surface area contributed by atoms with E-state index in [1.807, 2.05) is 4.90 Å². The monoisotopic (exact) mass is 297 g/mol. The van der Waals surface area contributed by atoms with E-state index in [1.165, 1.54) is 14.2 Å². The molecule has 0 radical (unpaired) electrons. The number of rotatable bonds is 4. The minimum absolute atomic E-state index is 0.384. The number of carbonyl (C=O) groups is 2. The number of nitrogens with zero attached hydrogens (tertiary/aromatic N) is 1. The third-order valence-corrected chi connectivity index (χ3v) is 3.37. The molecule has 1 aromatic rings. The molecule has 0 bridgehead atoms. The Morgan fingerprint density at radius 3 is 2.81 bits per heavy atom. The summed E-state index contributed by atoms with van der Waals surface area (Å²) in [5.74, 6) is 0.371. The van der Waals surface area contributed by atoms with Crippen molar-refractivity contribution >= 4 is 11.9 Å². The molecule has 0 saturated carbocycles. The maximum atomic E-state index is 11.5. The second kappa shape index (κ2) is 6.73. The van der Waals surface area contributed by atoms with E-state index in [0.717, 1.165) is 0 Å². The molecule has 1 unspecified atom stereocenters. The lowest BCUT2D eigenvalue weighted by atomic mass is 10.2. The maximum Gasteiger partial charge on any atom is 0.341 e. The van der Waals surface area contributed by atoms with Crippen molar-refractivity contribution in [1.82, 2.24) is 4.90 Å². The fourth-order valence-electron chi connectivity index (χ4n) is 2.27. The molecule has 1 saturated heterocycles. The van der Waals surface area contributed by atoms with Crippen molar-refractivity contribution in [2.45, 2.75) is 19.6 Å². The van der Waals surface area contributed by atoms with Crippen molar-refractivity contribution in [2.24, 2.45) is 0 Å². The number of hydrogen-bond donors (Lipinski definition) is 0. The zero-order chi connectivity index (χ0) is 15.4. The van der Waals surface area contributed by atoms with Crippen LogP contribution in [0.5, 0.6) is 0 Å². The number of esters is 2. The first-order valence-electron chi connectivity index (χ1n) is 6.64. The van der Waals surface area contributed by atoms with E-state index in [4.69, 9.17) is 9.15 Å². The standard InChI is InChI=1S/C14H19NO6/c1-9-11(13(16)18-2)6-10(21-9)7-15-4-5-20-12(8-15)14(17)19-3/h6,12H,4-5,7-8H2,1-3H3. The highest BCUT2D eigenvalue weighted by Gasteiger charge is 2.28. The highest BCUT2D eigenvalue weighted by molar-refractivity contribution is 5.90. The topological polar surface area (TPSA) is 78.2 Å². The summed E-state index contributed by atoms with van der Waals surface area (Å²) in [5.41, 5.74) is 0.422. The molecule has 1 atom stereocenters. The van der Waals surface area contributed by atoms with E-state index >= 15 is 0 Å². The Labute approximate surface area is 122 Å². The molecular weight excluding hydrogens is 278 g/mol. The second-order valence-electron chi connectivity index (χ2n) is 4.79. The summed E-state index contributed by atoms with van der Waals surface area (Å²) in [4.78, 5) is 25.1. The van der Waals surface area contributed by atoms with Crippen LogP contribution in [0.15, 0.2) is 10.5 Å². The van der Waals surface area contributed by atoms with E-state index in [-0.39, 0.29) is 5.97 Å². The number of ether oxygens (including phenoxy) is 3. The SMILES string of the molecule is COC(=O)c1cc(CN2CCOC(C(=O)OC)C2)oc1C. The zero-order valence-corrected chi connectivity index (χ0v) is 12.4. The smallest absolute Gasteiger partial charge is 0.341 e. The van der Waals surface area contributed by atoms with Crippen LogP contribution in [0.2, 0.25) is 0 Å². The van der Waals surface area contributed by atoms with Gasteiger partial charge in [-0.05, 0) is 13.0 Å². The predicted molar refractivity (Wildman–Crippen MR) is 71.8 cm³/mol. The Morgan fingerprint density at radius 1 is 1.38 bits per heavy atom. The van der Waals surface area contributed by atoms with Gasteiger partial charge in [0.1, 0.15) is 17.1 Å². The fourth-order valence-corrected chi connectivity index (χ4v) is 2.27. The van der Waals surface area contributed by atoms with Gasteiger partial charge < -0.3 is 18.6 Å². The Kier molecular flexibility index (Phi) is 4.98. The zero-order valence-electron chi connectivity index (χ0n) is 12.4. The lowest BCUT2D eigenvalue weighted by molar-refractivity contribution is -0.160. The van der Waals surface area contributed by atoms with Gasteiger partial charge >= 0.3 is 11.9 Å². The third kappa shape index (κ3) is 3.62. The van der Waals surface area contributed by atoms with Gasteiger partial charge in [-0.3, -0.25) is 4.90 Å². The molecule has 1 aromatic heterocycles. The summed E-state index contributed by atoms with van der Waals surface area (Å²) in [7, 11) is 2.67. The third-order valence-electron chi connectivity index (χ3n) is 3.37. The number of furan rings is 1. The molecule has 0 aromatic carbocycles. The van der Waals surface area contributed by atoms with E-state index in [0.29, 0.717) is 43.3 Å². The molecule has 7 nitrogen and oxygen atoms in total. The molecule has 2 heterocycles. The van der Waals surface area contributed by atoms with Crippen LogP contribution in [0.1, 0.15) is 21.9 Å². The van der Waals surface area contributed by atoms with Crippen molar-refractivity contribution in [2.75, 3.05) is 33.9 Å². The van der Waals surface area contributed by atoms with Crippen molar-refractivity contribution in [3.8, 4) is 0 Å². The summed E-state index contributed by atoms with van der Waals surface area (Å²) in [6, 6.07) is 1.67. The van der Waals surface area contributed by atoms with Crippen LogP contribution >= 0.6 is 0 Å². The molecule has 0 amide bonds. The first-order valence-corrected chi connectivity index (χ1v) is 6.64. The van der Waals surface area contributed by atoms with E-state index < -0.39 is 12.1 Å². The molecule has 2 rings (SSSR count). The summed E-state index contributed by atoms with van der Waals surface area (Å²) >= 11 is 0. The molecule has 116 valence electrons. The molecule has 0 spiro atoms. The van der Waals surface area contributed by atoms with E-state index in [9.17, 15) is 9.59 Å². The van der Waals surface area contributed by atoms with Gasteiger partial charge in [0.05, 0.1) is 27.4 Å². The van der Waals surface area contributed by atoms with Gasteiger partial charge in [-0.1, -0.05) is 0 Å². The number of hydrogen-bond acceptors (Lipinski definition) is 7. The maximum absolute atomic E-state index is 11.5. The van der Waals surface area contributed by atoms with Gasteiger partial charge in [0.25, 0.3) is 0 Å². The van der Waals surface area contributed by atoms with Gasteiger partial charge in [-0.25, -0.2) is 9.59 Å². The first-order chi connectivity index (χ1) is 10.0. The molecule has 7 heteroatoms. The quantitative estimate of drug-likeness (QED) is 0.759. The van der Waals surface area contributed by atoms with Crippen molar-refractivity contribution < 1.29 is 28.2 Å². The predicted octanol–water partition coefficient (Wildman–Crippen LogP) is 0.748. The summed E-state index contributed by atoms with van der Waals surface area (Å²) in [6.45, 7) is 3.77. The minimum Gasteiger partial charge on any atom is -0.467 e. The highest BCUT2D eigenvalue weighted by Crippen LogP contribution is 2.18. The van der Waals surface area contributed by atoms with Crippen LogP contribution < -0.4 is 0 Å². The van der Waals surface area contributed by atoms with Gasteiger partial charge in [-0.2, -0.15) is 0 Å². The van der Waals surface area contributed by atoms with Gasteiger partial charge in [0, 0.05) is 13.1 Å². The van der Waals surface area contributed by atoms with Crippen molar-refractivity contribution in [1.29, 1.82) is 0 Å². The molecule has 1 fully saturated rings. The van der Waals surface area contributed by atoms with Crippen LogP contribution in [0.3, 0.4) is 0 Å². The Hall–Kier alpha value is -1.86. The summed E-state index contributed by atoms with van der Waals surface area (Å²) in [5, 5.41) is 0. The highest BCUT2D eigenvalue weighted by atomic mass is 16.6. The van der Waals surface area contributed by atoms with Gasteiger partial charge in [0.2, 0.25) is 0 Å². The summed E-state index contributed by atoms with van der Waals surface area (Å²) < 4.78 is 20.3. The fraction of sp³-hybridized carbons (Fsp3) is 0.571. The Morgan fingerprint density at radius 2 is 2.14 bits per heavy atom. The van der Waals surface area contributed by atoms with Gasteiger partial charge in [0.15, 0.2) is 6.10 Å². The van der Waals surface area contributed by atoms with Crippen molar-refractivity contribution in [3.63, 3.8) is 0 Å². The van der Waals surface area contributed by atoms with Crippen LogP contribution in [0.25, 0.3) is 0 Å². The molecule has 21 heavy (non-hydrogen) atoms. The lowest BCUT2D eigenvalue weighted by Gasteiger charge is -2.30. The number of aryl methyl sites for hydroxylation is 1. The molecular formula is C14H19NO6.